The lowest BCUT2D eigenvalue weighted by molar-refractivity contribution is 0.102. The first kappa shape index (κ1) is 13.5. The molecule has 0 atom stereocenters. The van der Waals surface area contributed by atoms with Crippen molar-refractivity contribution in [2.24, 2.45) is 0 Å². The van der Waals surface area contributed by atoms with Gasteiger partial charge in [-0.15, -0.1) is 0 Å². The summed E-state index contributed by atoms with van der Waals surface area (Å²) in [6, 6.07) is 7.49. The van der Waals surface area contributed by atoms with Gasteiger partial charge in [0.25, 0.3) is 5.91 Å². The van der Waals surface area contributed by atoms with E-state index in [1.807, 2.05) is 0 Å². The number of rotatable bonds is 2. The van der Waals surface area contributed by atoms with Crippen LogP contribution in [0.1, 0.15) is 10.4 Å². The van der Waals surface area contributed by atoms with Crippen molar-refractivity contribution < 1.29 is 13.6 Å². The van der Waals surface area contributed by atoms with Crippen LogP contribution in [0.25, 0.3) is 0 Å². The molecule has 3 N–H and O–H groups in total. The summed E-state index contributed by atoms with van der Waals surface area (Å²) < 4.78 is 26.9. The van der Waals surface area contributed by atoms with Crippen molar-refractivity contribution in [2.45, 2.75) is 0 Å². The van der Waals surface area contributed by atoms with Gasteiger partial charge in [-0.3, -0.25) is 4.79 Å². The second-order valence-corrected chi connectivity index (χ2v) is 4.67. The molecule has 0 aliphatic carbocycles. The number of benzene rings is 2. The van der Waals surface area contributed by atoms with E-state index in [0.29, 0.717) is 10.2 Å². The van der Waals surface area contributed by atoms with Crippen LogP contribution in [-0.4, -0.2) is 5.91 Å². The minimum atomic E-state index is -0.713. The van der Waals surface area contributed by atoms with E-state index in [1.54, 1.807) is 12.1 Å². The standard InChI is InChI=1S/C13H9BrF2N2O/c14-10-3-2-8(17)6-9(10)13(19)18-12-5-7(15)1-4-11(12)16/h1-6H,17H2,(H,18,19). The second-order valence-electron chi connectivity index (χ2n) is 3.82. The molecule has 0 aliphatic rings. The number of nitrogen functional groups attached to an aromatic ring is 1. The van der Waals surface area contributed by atoms with E-state index in [2.05, 4.69) is 21.2 Å². The van der Waals surface area contributed by atoms with E-state index in [0.717, 1.165) is 18.2 Å². The molecule has 2 rings (SSSR count). The highest BCUT2D eigenvalue weighted by Crippen LogP contribution is 2.22. The van der Waals surface area contributed by atoms with Gasteiger partial charge < -0.3 is 11.1 Å². The third-order valence-electron chi connectivity index (χ3n) is 2.41. The van der Waals surface area contributed by atoms with Crippen LogP contribution in [0, 0.1) is 11.6 Å². The fourth-order valence-corrected chi connectivity index (χ4v) is 1.93. The average molecular weight is 327 g/mol. The molecule has 0 bridgehead atoms. The minimum absolute atomic E-state index is 0.223. The molecule has 0 saturated carbocycles. The van der Waals surface area contributed by atoms with Gasteiger partial charge in [0.05, 0.1) is 11.3 Å². The van der Waals surface area contributed by atoms with Crippen LogP contribution in [-0.2, 0) is 0 Å². The molecule has 0 spiro atoms. The van der Waals surface area contributed by atoms with E-state index in [4.69, 9.17) is 5.73 Å². The number of anilines is 2. The van der Waals surface area contributed by atoms with Crippen molar-refractivity contribution >= 4 is 33.2 Å². The summed E-state index contributed by atoms with van der Waals surface area (Å²) in [4.78, 5) is 12.0. The molecule has 0 fully saturated rings. The molecule has 0 saturated heterocycles. The van der Waals surface area contributed by atoms with Gasteiger partial charge >= 0.3 is 0 Å². The predicted molar refractivity (Wildman–Crippen MR) is 72.9 cm³/mol. The number of carbonyl (C=O) groups excluding carboxylic acids is 1. The topological polar surface area (TPSA) is 55.1 Å². The molecule has 0 unspecified atom stereocenters. The Morgan fingerprint density at radius 1 is 1.16 bits per heavy atom. The van der Waals surface area contributed by atoms with Gasteiger partial charge in [-0.1, -0.05) is 0 Å². The molecule has 1 amide bonds. The predicted octanol–water partition coefficient (Wildman–Crippen LogP) is 3.56. The average Bonchev–Trinajstić information content (AvgIpc) is 2.36. The number of amides is 1. The molecular formula is C13H9BrF2N2O. The second kappa shape index (κ2) is 5.36. The van der Waals surface area contributed by atoms with Gasteiger partial charge in [0, 0.05) is 16.2 Å². The van der Waals surface area contributed by atoms with Crippen molar-refractivity contribution in [1.29, 1.82) is 0 Å². The Labute approximate surface area is 116 Å². The Bertz CT molecular complexity index is 647. The van der Waals surface area contributed by atoms with Crippen molar-refractivity contribution in [3.05, 3.63) is 58.1 Å². The van der Waals surface area contributed by atoms with E-state index < -0.39 is 17.5 Å². The van der Waals surface area contributed by atoms with Crippen molar-refractivity contribution in [3.8, 4) is 0 Å². The van der Waals surface area contributed by atoms with Crippen LogP contribution >= 0.6 is 15.9 Å². The molecule has 98 valence electrons. The first-order valence-electron chi connectivity index (χ1n) is 5.29. The fraction of sp³-hybridized carbons (Fsp3) is 0. The van der Waals surface area contributed by atoms with Gasteiger partial charge in [0.2, 0.25) is 0 Å². The van der Waals surface area contributed by atoms with Crippen molar-refractivity contribution in [3.63, 3.8) is 0 Å². The lowest BCUT2D eigenvalue weighted by atomic mass is 10.2. The van der Waals surface area contributed by atoms with Crippen LogP contribution in [0.2, 0.25) is 0 Å². The number of halogens is 3. The normalized spacial score (nSPS) is 10.3. The Hall–Kier alpha value is -1.95. The third kappa shape index (κ3) is 3.08. The number of nitrogens with two attached hydrogens (primary N) is 1. The Kier molecular flexibility index (Phi) is 3.80. The Morgan fingerprint density at radius 3 is 2.63 bits per heavy atom. The molecule has 2 aromatic rings. The smallest absolute Gasteiger partial charge is 0.256 e. The van der Waals surface area contributed by atoms with E-state index in [-0.39, 0.29) is 11.3 Å². The maximum Gasteiger partial charge on any atom is 0.256 e. The highest BCUT2D eigenvalue weighted by molar-refractivity contribution is 9.10. The van der Waals surface area contributed by atoms with Crippen LogP contribution in [0.4, 0.5) is 20.2 Å². The monoisotopic (exact) mass is 326 g/mol. The first-order valence-corrected chi connectivity index (χ1v) is 6.08. The van der Waals surface area contributed by atoms with Crippen LogP contribution in [0.15, 0.2) is 40.9 Å². The summed E-state index contributed by atoms with van der Waals surface area (Å²) in [6.07, 6.45) is 0. The van der Waals surface area contributed by atoms with Crippen LogP contribution < -0.4 is 11.1 Å². The summed E-state index contributed by atoms with van der Waals surface area (Å²) in [6.45, 7) is 0. The number of nitrogens with one attached hydrogen (secondary N) is 1. The SMILES string of the molecule is Nc1ccc(Br)c(C(=O)Nc2cc(F)ccc2F)c1. The van der Waals surface area contributed by atoms with Gasteiger partial charge in [0.1, 0.15) is 11.6 Å². The summed E-state index contributed by atoms with van der Waals surface area (Å²) in [5, 5.41) is 2.30. The maximum absolute atomic E-state index is 13.4. The highest BCUT2D eigenvalue weighted by atomic mass is 79.9. The zero-order valence-electron chi connectivity index (χ0n) is 9.58. The number of hydrogen-bond acceptors (Lipinski definition) is 2. The zero-order chi connectivity index (χ0) is 14.0. The molecule has 3 nitrogen and oxygen atoms in total. The molecule has 0 aliphatic heterocycles. The largest absolute Gasteiger partial charge is 0.399 e. The minimum Gasteiger partial charge on any atom is -0.399 e. The molecule has 0 radical (unpaired) electrons. The Balaban J connectivity index is 2.30. The lowest BCUT2D eigenvalue weighted by Crippen LogP contribution is -2.14. The quantitative estimate of drug-likeness (QED) is 0.829. The molecule has 0 heterocycles. The van der Waals surface area contributed by atoms with E-state index >= 15 is 0 Å². The third-order valence-corrected chi connectivity index (χ3v) is 3.10. The van der Waals surface area contributed by atoms with Crippen LogP contribution in [0.5, 0.6) is 0 Å². The summed E-state index contributed by atoms with van der Waals surface area (Å²) in [5.41, 5.74) is 5.99. The molecule has 2 aromatic carbocycles. The molecule has 19 heavy (non-hydrogen) atoms. The summed E-state index contributed by atoms with van der Waals surface area (Å²) in [7, 11) is 0. The first-order chi connectivity index (χ1) is 8.97. The molecule has 6 heteroatoms. The van der Waals surface area contributed by atoms with E-state index in [1.165, 1.54) is 6.07 Å². The van der Waals surface area contributed by atoms with Gasteiger partial charge in [-0.05, 0) is 46.3 Å². The fourth-order valence-electron chi connectivity index (χ4n) is 1.50. The van der Waals surface area contributed by atoms with E-state index in [9.17, 15) is 13.6 Å². The zero-order valence-corrected chi connectivity index (χ0v) is 11.2. The molecular weight excluding hydrogens is 318 g/mol. The van der Waals surface area contributed by atoms with Gasteiger partial charge in [-0.2, -0.15) is 0 Å². The van der Waals surface area contributed by atoms with Gasteiger partial charge in [0.15, 0.2) is 0 Å². The molecule has 0 aromatic heterocycles. The lowest BCUT2D eigenvalue weighted by Gasteiger charge is -2.08. The summed E-state index contributed by atoms with van der Waals surface area (Å²) in [5.74, 6) is -1.93. The van der Waals surface area contributed by atoms with Crippen molar-refractivity contribution in [2.75, 3.05) is 11.1 Å². The highest BCUT2D eigenvalue weighted by Gasteiger charge is 2.13. The number of carbonyl (C=O) groups is 1. The maximum atomic E-state index is 13.4. The summed E-state index contributed by atoms with van der Waals surface area (Å²) >= 11 is 3.19. The van der Waals surface area contributed by atoms with Crippen LogP contribution in [0.3, 0.4) is 0 Å². The number of hydrogen-bond donors (Lipinski definition) is 2. The van der Waals surface area contributed by atoms with Gasteiger partial charge in [-0.25, -0.2) is 8.78 Å². The Morgan fingerprint density at radius 2 is 1.89 bits per heavy atom. The van der Waals surface area contributed by atoms with Crippen molar-refractivity contribution in [1.82, 2.24) is 0 Å².